The molecular weight excluding hydrogens is 220 g/mol. The lowest BCUT2D eigenvalue weighted by Gasteiger charge is -2.10. The highest BCUT2D eigenvalue weighted by atomic mass is 16.2. The number of rotatable bonds is 6. The van der Waals surface area contributed by atoms with Crippen LogP contribution in [0.25, 0.3) is 0 Å². The summed E-state index contributed by atoms with van der Waals surface area (Å²) in [6.45, 7) is 3.70. The fraction of sp³-hybridized carbons (Fsp3) is 0.583. The van der Waals surface area contributed by atoms with Gasteiger partial charge in [-0.25, -0.2) is 4.79 Å². The van der Waals surface area contributed by atoms with Gasteiger partial charge >= 0.3 is 0 Å². The minimum atomic E-state index is -0.306. The third-order valence-electron chi connectivity index (χ3n) is 2.65. The number of carbonyl (C=O) groups excluding carboxylic acids is 3. The van der Waals surface area contributed by atoms with Gasteiger partial charge in [0.25, 0.3) is 11.8 Å². The Morgan fingerprint density at radius 3 is 1.88 bits per heavy atom. The summed E-state index contributed by atoms with van der Waals surface area (Å²) in [6.07, 6.45) is 4.16. The van der Waals surface area contributed by atoms with E-state index in [2.05, 4.69) is 4.99 Å². The normalized spacial score (nSPS) is 15.5. The number of hydrogen-bond donors (Lipinski definition) is 0. The Labute approximate surface area is 100 Å². The molecule has 1 aliphatic rings. The topological polar surface area (TPSA) is 66.8 Å². The van der Waals surface area contributed by atoms with Crippen molar-refractivity contribution < 1.29 is 14.4 Å². The third-order valence-corrected chi connectivity index (χ3v) is 2.65. The molecule has 2 amide bonds. The van der Waals surface area contributed by atoms with Crippen LogP contribution >= 0.6 is 0 Å². The van der Waals surface area contributed by atoms with Gasteiger partial charge in [-0.2, -0.15) is 4.99 Å². The van der Waals surface area contributed by atoms with Crippen LogP contribution in [0.2, 0.25) is 0 Å². The quantitative estimate of drug-likeness (QED) is 0.399. The molecule has 0 spiro atoms. The van der Waals surface area contributed by atoms with Crippen molar-refractivity contribution in [3.8, 4) is 0 Å². The number of hydrogen-bond acceptors (Lipinski definition) is 4. The maximum Gasteiger partial charge on any atom is 0.258 e. The first-order chi connectivity index (χ1) is 8.17. The molecule has 0 aliphatic carbocycles. The summed E-state index contributed by atoms with van der Waals surface area (Å²) < 4.78 is 0. The second-order valence-corrected chi connectivity index (χ2v) is 3.89. The number of amides is 2. The van der Waals surface area contributed by atoms with Gasteiger partial charge in [0.1, 0.15) is 6.67 Å². The first-order valence-electron chi connectivity index (χ1n) is 5.79. The van der Waals surface area contributed by atoms with Crippen molar-refractivity contribution in [2.75, 3.05) is 6.67 Å². The molecule has 0 aromatic carbocycles. The lowest BCUT2D eigenvalue weighted by atomic mass is 10.0. The minimum absolute atomic E-state index is 0.221. The van der Waals surface area contributed by atoms with Gasteiger partial charge in [-0.15, -0.1) is 0 Å². The van der Waals surface area contributed by atoms with Crippen molar-refractivity contribution in [1.82, 2.24) is 4.90 Å². The fourth-order valence-corrected chi connectivity index (χ4v) is 1.92. The van der Waals surface area contributed by atoms with E-state index < -0.39 is 0 Å². The summed E-state index contributed by atoms with van der Waals surface area (Å²) >= 11 is 0. The lowest BCUT2D eigenvalue weighted by molar-refractivity contribution is -0.137. The summed E-state index contributed by atoms with van der Waals surface area (Å²) in [7, 11) is 0. The molecule has 1 rings (SSSR count). The second kappa shape index (κ2) is 6.11. The number of aliphatic imine (C=N–C) groups is 1. The van der Waals surface area contributed by atoms with Gasteiger partial charge in [0.05, 0.1) is 0 Å². The molecule has 0 aromatic heterocycles. The SMILES string of the molecule is CCCC1=C(CCC)C(=O)N(CN=C=O)C1=O. The van der Waals surface area contributed by atoms with Crippen LogP contribution in [0.1, 0.15) is 39.5 Å². The maximum atomic E-state index is 12.0. The van der Waals surface area contributed by atoms with Gasteiger partial charge in [-0.1, -0.05) is 26.7 Å². The Kier molecular flexibility index (Phi) is 4.79. The van der Waals surface area contributed by atoms with Crippen LogP contribution in [-0.2, 0) is 14.4 Å². The van der Waals surface area contributed by atoms with E-state index in [1.165, 1.54) is 6.08 Å². The number of carbonyl (C=O) groups is 2. The largest absolute Gasteiger partial charge is 0.269 e. The zero-order valence-electron chi connectivity index (χ0n) is 10.2. The first-order valence-corrected chi connectivity index (χ1v) is 5.79. The van der Waals surface area contributed by atoms with E-state index in [9.17, 15) is 14.4 Å². The van der Waals surface area contributed by atoms with E-state index >= 15 is 0 Å². The van der Waals surface area contributed by atoms with Crippen molar-refractivity contribution in [2.45, 2.75) is 39.5 Å². The van der Waals surface area contributed by atoms with Crippen LogP contribution in [0.4, 0.5) is 0 Å². The average Bonchev–Trinajstić information content (AvgIpc) is 2.53. The molecule has 0 unspecified atom stereocenters. The molecule has 0 atom stereocenters. The van der Waals surface area contributed by atoms with Crippen LogP contribution in [0, 0.1) is 0 Å². The summed E-state index contributed by atoms with van der Waals surface area (Å²) in [6, 6.07) is 0. The predicted octanol–water partition coefficient (Wildman–Crippen LogP) is 1.55. The van der Waals surface area contributed by atoms with Gasteiger partial charge in [-0.3, -0.25) is 14.5 Å². The van der Waals surface area contributed by atoms with Gasteiger partial charge < -0.3 is 0 Å². The highest BCUT2D eigenvalue weighted by Gasteiger charge is 2.36. The molecule has 92 valence electrons. The van der Waals surface area contributed by atoms with E-state index in [4.69, 9.17) is 0 Å². The number of isocyanates is 1. The minimum Gasteiger partial charge on any atom is -0.269 e. The molecule has 0 bridgehead atoms. The second-order valence-electron chi connectivity index (χ2n) is 3.89. The van der Waals surface area contributed by atoms with Crippen molar-refractivity contribution in [2.24, 2.45) is 4.99 Å². The average molecular weight is 236 g/mol. The van der Waals surface area contributed by atoms with Crippen LogP contribution in [0.5, 0.6) is 0 Å². The molecule has 17 heavy (non-hydrogen) atoms. The van der Waals surface area contributed by atoms with E-state index in [1.807, 2.05) is 13.8 Å². The Morgan fingerprint density at radius 1 is 1.06 bits per heavy atom. The molecule has 1 aliphatic heterocycles. The van der Waals surface area contributed by atoms with Crippen molar-refractivity contribution in [3.05, 3.63) is 11.1 Å². The summed E-state index contributed by atoms with van der Waals surface area (Å²) in [5, 5.41) is 0. The van der Waals surface area contributed by atoms with Gasteiger partial charge in [0.2, 0.25) is 6.08 Å². The van der Waals surface area contributed by atoms with Crippen molar-refractivity contribution in [3.63, 3.8) is 0 Å². The van der Waals surface area contributed by atoms with Crippen LogP contribution < -0.4 is 0 Å². The number of imide groups is 1. The summed E-state index contributed by atoms with van der Waals surface area (Å²) in [4.78, 5) is 38.3. The highest BCUT2D eigenvalue weighted by Crippen LogP contribution is 2.27. The van der Waals surface area contributed by atoms with Gasteiger partial charge in [0.15, 0.2) is 0 Å². The molecule has 0 aromatic rings. The maximum absolute atomic E-state index is 12.0. The molecule has 1 heterocycles. The zero-order chi connectivity index (χ0) is 12.8. The Bertz CT molecular complexity index is 378. The van der Waals surface area contributed by atoms with E-state index in [1.54, 1.807) is 0 Å². The fourth-order valence-electron chi connectivity index (χ4n) is 1.92. The molecule has 0 N–H and O–H groups in total. The smallest absolute Gasteiger partial charge is 0.258 e. The standard InChI is InChI=1S/C12H16N2O3/c1-3-5-9-10(6-4-2)12(17)14(11(9)16)7-13-8-15/h3-7H2,1-2H3. The Balaban J connectivity index is 2.98. The predicted molar refractivity (Wildman–Crippen MR) is 61.7 cm³/mol. The summed E-state index contributed by atoms with van der Waals surface area (Å²) in [5.41, 5.74) is 1.17. The molecule has 5 heteroatoms. The van der Waals surface area contributed by atoms with Crippen LogP contribution in [-0.4, -0.2) is 29.5 Å². The lowest BCUT2D eigenvalue weighted by Crippen LogP contribution is -2.32. The first kappa shape index (κ1) is 13.3. The Morgan fingerprint density at radius 2 is 1.53 bits per heavy atom. The zero-order valence-corrected chi connectivity index (χ0v) is 10.2. The molecular formula is C12H16N2O3. The van der Waals surface area contributed by atoms with Crippen LogP contribution in [0.15, 0.2) is 16.1 Å². The summed E-state index contributed by atoms with van der Waals surface area (Å²) in [5.74, 6) is -0.612. The van der Waals surface area contributed by atoms with Gasteiger partial charge in [-0.05, 0) is 12.8 Å². The molecule has 5 nitrogen and oxygen atoms in total. The van der Waals surface area contributed by atoms with E-state index in [0.29, 0.717) is 24.0 Å². The van der Waals surface area contributed by atoms with E-state index in [0.717, 1.165) is 17.7 Å². The highest BCUT2D eigenvalue weighted by molar-refractivity contribution is 6.19. The monoisotopic (exact) mass is 236 g/mol. The van der Waals surface area contributed by atoms with Crippen molar-refractivity contribution >= 4 is 17.9 Å². The number of nitrogens with zero attached hydrogens (tertiary/aromatic N) is 2. The Hall–Kier alpha value is -1.74. The molecule has 0 radical (unpaired) electrons. The van der Waals surface area contributed by atoms with Crippen LogP contribution in [0.3, 0.4) is 0 Å². The van der Waals surface area contributed by atoms with Crippen molar-refractivity contribution in [1.29, 1.82) is 0 Å². The van der Waals surface area contributed by atoms with E-state index in [-0.39, 0.29) is 18.5 Å². The molecule has 0 saturated heterocycles. The van der Waals surface area contributed by atoms with Gasteiger partial charge in [0, 0.05) is 11.1 Å². The molecule has 0 saturated carbocycles. The third kappa shape index (κ3) is 2.68. The molecule has 0 fully saturated rings.